The van der Waals surface area contributed by atoms with E-state index < -0.39 is 11.7 Å². The van der Waals surface area contributed by atoms with E-state index in [1.807, 2.05) is 0 Å². The van der Waals surface area contributed by atoms with Crippen LogP contribution in [0.15, 0.2) is 42.6 Å². The highest BCUT2D eigenvalue weighted by atomic mass is 19.1. The van der Waals surface area contributed by atoms with Gasteiger partial charge in [-0.2, -0.15) is 0 Å². The minimum absolute atomic E-state index is 0.0655. The predicted octanol–water partition coefficient (Wildman–Crippen LogP) is 2.20. The molecular formula is C13H11FN2O2. The fraction of sp³-hybridized carbons (Fsp3) is 0.0769. The number of hydrogen-bond donors (Lipinski definition) is 1. The van der Waals surface area contributed by atoms with E-state index in [1.54, 1.807) is 6.07 Å². The van der Waals surface area contributed by atoms with E-state index in [9.17, 15) is 14.3 Å². The Morgan fingerprint density at radius 1 is 1.33 bits per heavy atom. The first-order chi connectivity index (χ1) is 8.59. The third-order valence-corrected chi connectivity index (χ3v) is 2.49. The smallest absolute Gasteiger partial charge is 0.280 e. The standard InChI is InChI=1S/C13H11FN2O2/c1-16(10-5-2-4-9(14)8-10)13(18)12-11(17)6-3-7-15-12/h2-8,17H,1H3. The second-order valence-corrected chi connectivity index (χ2v) is 3.72. The quantitative estimate of drug-likeness (QED) is 0.883. The van der Waals surface area contributed by atoms with Gasteiger partial charge in [-0.3, -0.25) is 4.79 Å². The van der Waals surface area contributed by atoms with E-state index >= 15 is 0 Å². The molecular weight excluding hydrogens is 235 g/mol. The zero-order valence-corrected chi connectivity index (χ0v) is 9.67. The first kappa shape index (κ1) is 12.0. The van der Waals surface area contributed by atoms with Crippen LogP contribution < -0.4 is 4.90 Å². The lowest BCUT2D eigenvalue weighted by molar-refractivity contribution is 0.0985. The molecule has 1 amide bonds. The summed E-state index contributed by atoms with van der Waals surface area (Å²) in [6, 6.07) is 8.53. The molecule has 0 bridgehead atoms. The molecule has 92 valence electrons. The fourth-order valence-electron chi connectivity index (χ4n) is 1.52. The van der Waals surface area contributed by atoms with Gasteiger partial charge >= 0.3 is 0 Å². The maximum atomic E-state index is 13.1. The Balaban J connectivity index is 2.32. The Kier molecular flexibility index (Phi) is 3.23. The third-order valence-electron chi connectivity index (χ3n) is 2.49. The van der Waals surface area contributed by atoms with Gasteiger partial charge in [0.05, 0.1) is 0 Å². The number of rotatable bonds is 2. The van der Waals surface area contributed by atoms with Gasteiger partial charge in [0, 0.05) is 18.9 Å². The van der Waals surface area contributed by atoms with Crippen molar-refractivity contribution in [3.63, 3.8) is 0 Å². The summed E-state index contributed by atoms with van der Waals surface area (Å²) in [5, 5.41) is 9.55. The maximum Gasteiger partial charge on any atom is 0.280 e. The van der Waals surface area contributed by atoms with E-state index in [-0.39, 0.29) is 11.4 Å². The minimum atomic E-state index is -0.501. The average Bonchev–Trinajstić information content (AvgIpc) is 2.37. The lowest BCUT2D eigenvalue weighted by atomic mass is 10.2. The molecule has 0 aliphatic rings. The number of aromatic nitrogens is 1. The highest BCUT2D eigenvalue weighted by molar-refractivity contribution is 6.05. The second-order valence-electron chi connectivity index (χ2n) is 3.72. The largest absolute Gasteiger partial charge is 0.505 e. The van der Waals surface area contributed by atoms with Crippen LogP contribution in [0.3, 0.4) is 0 Å². The van der Waals surface area contributed by atoms with Crippen molar-refractivity contribution in [3.8, 4) is 5.75 Å². The van der Waals surface area contributed by atoms with Gasteiger partial charge in [0.1, 0.15) is 11.6 Å². The van der Waals surface area contributed by atoms with Crippen molar-refractivity contribution < 1.29 is 14.3 Å². The fourth-order valence-corrected chi connectivity index (χ4v) is 1.52. The van der Waals surface area contributed by atoms with Crippen LogP contribution in [0.1, 0.15) is 10.5 Å². The Morgan fingerprint density at radius 2 is 2.11 bits per heavy atom. The number of carbonyl (C=O) groups excluding carboxylic acids is 1. The summed E-state index contributed by atoms with van der Waals surface area (Å²) in [4.78, 5) is 17.1. The third kappa shape index (κ3) is 2.29. The van der Waals surface area contributed by atoms with Crippen molar-refractivity contribution in [1.29, 1.82) is 0 Å². The topological polar surface area (TPSA) is 53.4 Å². The van der Waals surface area contributed by atoms with Crippen LogP contribution in [-0.4, -0.2) is 23.0 Å². The van der Waals surface area contributed by atoms with Crippen LogP contribution in [0.4, 0.5) is 10.1 Å². The molecule has 0 radical (unpaired) electrons. The summed E-state index contributed by atoms with van der Waals surface area (Å²) < 4.78 is 13.1. The summed E-state index contributed by atoms with van der Waals surface area (Å²) in [6.45, 7) is 0. The van der Waals surface area contributed by atoms with Crippen LogP contribution in [0.5, 0.6) is 5.75 Å². The molecule has 2 aromatic rings. The van der Waals surface area contributed by atoms with E-state index in [4.69, 9.17) is 0 Å². The van der Waals surface area contributed by atoms with Crippen molar-refractivity contribution in [2.75, 3.05) is 11.9 Å². The van der Waals surface area contributed by atoms with Crippen molar-refractivity contribution in [2.24, 2.45) is 0 Å². The van der Waals surface area contributed by atoms with Crippen LogP contribution in [0.25, 0.3) is 0 Å². The summed E-state index contributed by atoms with van der Waals surface area (Å²) in [6.07, 6.45) is 1.41. The summed E-state index contributed by atoms with van der Waals surface area (Å²) in [5.41, 5.74) is 0.328. The molecule has 0 aliphatic carbocycles. The Bertz CT molecular complexity index is 587. The molecule has 0 unspecified atom stereocenters. The van der Waals surface area contributed by atoms with E-state index in [0.29, 0.717) is 5.69 Å². The molecule has 5 heteroatoms. The molecule has 0 saturated carbocycles. The first-order valence-corrected chi connectivity index (χ1v) is 5.27. The molecule has 1 heterocycles. The van der Waals surface area contributed by atoms with Gasteiger partial charge in [-0.15, -0.1) is 0 Å². The van der Waals surface area contributed by atoms with Crippen molar-refractivity contribution in [1.82, 2.24) is 4.98 Å². The minimum Gasteiger partial charge on any atom is -0.505 e. The Morgan fingerprint density at radius 3 is 2.78 bits per heavy atom. The van der Waals surface area contributed by atoms with Gasteiger partial charge in [0.15, 0.2) is 5.69 Å². The van der Waals surface area contributed by atoms with Gasteiger partial charge in [-0.05, 0) is 30.3 Å². The molecule has 0 atom stereocenters. The van der Waals surface area contributed by atoms with Crippen LogP contribution in [0.2, 0.25) is 0 Å². The second kappa shape index (κ2) is 4.83. The number of amides is 1. The van der Waals surface area contributed by atoms with Gasteiger partial charge in [-0.25, -0.2) is 9.37 Å². The average molecular weight is 246 g/mol. The van der Waals surface area contributed by atoms with Crippen LogP contribution in [-0.2, 0) is 0 Å². The molecule has 2 rings (SSSR count). The zero-order chi connectivity index (χ0) is 13.1. The molecule has 1 aromatic carbocycles. The van der Waals surface area contributed by atoms with Gasteiger partial charge in [0.25, 0.3) is 5.91 Å². The monoisotopic (exact) mass is 246 g/mol. The number of hydrogen-bond acceptors (Lipinski definition) is 3. The van der Waals surface area contributed by atoms with Crippen molar-refractivity contribution in [3.05, 3.63) is 54.1 Å². The van der Waals surface area contributed by atoms with Gasteiger partial charge in [-0.1, -0.05) is 6.07 Å². The maximum absolute atomic E-state index is 13.1. The van der Waals surface area contributed by atoms with E-state index in [1.165, 1.54) is 48.5 Å². The molecule has 0 saturated heterocycles. The lowest BCUT2D eigenvalue weighted by Gasteiger charge is -2.17. The molecule has 18 heavy (non-hydrogen) atoms. The number of aromatic hydroxyl groups is 1. The molecule has 0 aliphatic heterocycles. The number of carbonyl (C=O) groups is 1. The van der Waals surface area contributed by atoms with Crippen molar-refractivity contribution in [2.45, 2.75) is 0 Å². The number of nitrogens with zero attached hydrogens (tertiary/aromatic N) is 2. The van der Waals surface area contributed by atoms with Crippen molar-refractivity contribution >= 4 is 11.6 Å². The number of pyridine rings is 1. The van der Waals surface area contributed by atoms with Crippen LogP contribution in [0, 0.1) is 5.82 Å². The van der Waals surface area contributed by atoms with Gasteiger partial charge < -0.3 is 10.0 Å². The molecule has 1 N–H and O–H groups in total. The van der Waals surface area contributed by atoms with E-state index in [2.05, 4.69) is 4.98 Å². The Hall–Kier alpha value is -2.43. The van der Waals surface area contributed by atoms with Gasteiger partial charge in [0.2, 0.25) is 0 Å². The Labute approximate surface area is 103 Å². The molecule has 1 aromatic heterocycles. The number of halogens is 1. The predicted molar refractivity (Wildman–Crippen MR) is 65.0 cm³/mol. The van der Waals surface area contributed by atoms with Crippen LogP contribution >= 0.6 is 0 Å². The highest BCUT2D eigenvalue weighted by Crippen LogP contribution is 2.19. The highest BCUT2D eigenvalue weighted by Gasteiger charge is 2.18. The summed E-state index contributed by atoms with van der Waals surface area (Å²) in [7, 11) is 1.49. The molecule has 0 fully saturated rings. The normalized spacial score (nSPS) is 10.1. The summed E-state index contributed by atoms with van der Waals surface area (Å²) >= 11 is 0. The zero-order valence-electron chi connectivity index (χ0n) is 9.67. The van der Waals surface area contributed by atoms with E-state index in [0.717, 1.165) is 0 Å². The number of benzene rings is 1. The number of anilines is 1. The molecule has 4 nitrogen and oxygen atoms in total. The lowest BCUT2D eigenvalue weighted by Crippen LogP contribution is -2.27. The first-order valence-electron chi connectivity index (χ1n) is 5.27. The molecule has 0 spiro atoms. The summed E-state index contributed by atoms with van der Waals surface area (Å²) in [5.74, 6) is -1.14. The SMILES string of the molecule is CN(C(=O)c1ncccc1O)c1cccc(F)c1.